The van der Waals surface area contributed by atoms with Crippen molar-refractivity contribution in [1.82, 2.24) is 29.8 Å². The van der Waals surface area contributed by atoms with Gasteiger partial charge in [-0.25, -0.2) is 9.97 Å². The first-order valence-corrected chi connectivity index (χ1v) is 9.38. The number of fused-ring (bicyclic) bond motifs is 1. The van der Waals surface area contributed by atoms with E-state index in [1.54, 1.807) is 13.3 Å². The van der Waals surface area contributed by atoms with Crippen molar-refractivity contribution in [3.63, 3.8) is 0 Å². The van der Waals surface area contributed by atoms with Crippen LogP contribution in [0.1, 0.15) is 32.4 Å². The minimum absolute atomic E-state index is 0.115. The maximum absolute atomic E-state index is 5.13. The molecule has 28 heavy (non-hydrogen) atoms. The Bertz CT molecular complexity index is 973. The fraction of sp³-hybridized carbons (Fsp3) is 0.526. The van der Waals surface area contributed by atoms with Crippen LogP contribution in [0.25, 0.3) is 5.65 Å². The SMILES string of the molecule is COCc1nccc(N(C)C2CN(c3ccc4nnc(C(C)(C)C)n4n3)C2)n1. The van der Waals surface area contributed by atoms with Crippen molar-refractivity contribution in [2.75, 3.05) is 37.0 Å². The second kappa shape index (κ2) is 6.97. The zero-order valence-electron chi connectivity index (χ0n) is 17.0. The van der Waals surface area contributed by atoms with Gasteiger partial charge in [-0.1, -0.05) is 20.8 Å². The van der Waals surface area contributed by atoms with Crippen LogP contribution in [0.4, 0.5) is 11.6 Å². The number of methoxy groups -OCH3 is 1. The van der Waals surface area contributed by atoms with Gasteiger partial charge in [0.25, 0.3) is 0 Å². The lowest BCUT2D eigenvalue weighted by molar-refractivity contribution is 0.178. The molecule has 4 rings (SSSR count). The number of hydrogen-bond acceptors (Lipinski definition) is 8. The first-order chi connectivity index (χ1) is 13.4. The van der Waals surface area contributed by atoms with Crippen molar-refractivity contribution in [3.05, 3.63) is 36.0 Å². The summed E-state index contributed by atoms with van der Waals surface area (Å²) in [5, 5.41) is 13.3. The van der Waals surface area contributed by atoms with Crippen LogP contribution in [-0.4, -0.2) is 63.1 Å². The molecule has 9 heteroatoms. The standard InChI is InChI=1S/C19H26N8O/c1-19(2,3)18-23-22-16-6-7-17(24-27(16)18)26-10-13(11-26)25(4)15-8-9-20-14(21-15)12-28-5/h6-9,13H,10-12H2,1-5H3. The zero-order valence-corrected chi connectivity index (χ0v) is 17.0. The number of rotatable bonds is 5. The van der Waals surface area contributed by atoms with E-state index >= 15 is 0 Å². The van der Waals surface area contributed by atoms with Crippen LogP contribution < -0.4 is 9.80 Å². The van der Waals surface area contributed by atoms with Gasteiger partial charge >= 0.3 is 0 Å². The van der Waals surface area contributed by atoms with E-state index in [1.807, 2.05) is 22.7 Å². The number of likely N-dealkylation sites (N-methyl/N-ethyl adjacent to an activating group) is 1. The van der Waals surface area contributed by atoms with Crippen molar-refractivity contribution in [2.24, 2.45) is 0 Å². The molecule has 0 amide bonds. The van der Waals surface area contributed by atoms with E-state index in [0.29, 0.717) is 18.5 Å². The minimum atomic E-state index is -0.115. The van der Waals surface area contributed by atoms with Gasteiger partial charge in [-0.2, -0.15) is 4.52 Å². The molecule has 0 spiro atoms. The van der Waals surface area contributed by atoms with E-state index < -0.39 is 0 Å². The molecule has 0 bridgehead atoms. The van der Waals surface area contributed by atoms with Crippen molar-refractivity contribution in [1.29, 1.82) is 0 Å². The Hall–Kier alpha value is -2.81. The van der Waals surface area contributed by atoms with E-state index in [4.69, 9.17) is 9.84 Å². The van der Waals surface area contributed by atoms with Crippen molar-refractivity contribution < 1.29 is 4.74 Å². The van der Waals surface area contributed by atoms with E-state index in [0.717, 1.165) is 36.2 Å². The van der Waals surface area contributed by atoms with Crippen LogP contribution in [0.15, 0.2) is 24.4 Å². The molecule has 9 nitrogen and oxygen atoms in total. The van der Waals surface area contributed by atoms with Crippen molar-refractivity contribution in [2.45, 2.75) is 38.8 Å². The van der Waals surface area contributed by atoms with E-state index in [-0.39, 0.29) is 5.41 Å². The van der Waals surface area contributed by atoms with Gasteiger partial charge in [0.2, 0.25) is 0 Å². The Labute approximate surface area is 164 Å². The van der Waals surface area contributed by atoms with Crippen molar-refractivity contribution in [3.8, 4) is 0 Å². The molecular formula is C19H26N8O. The number of anilines is 2. The molecule has 0 atom stereocenters. The Morgan fingerprint density at radius 1 is 1.18 bits per heavy atom. The maximum atomic E-state index is 5.13. The lowest BCUT2D eigenvalue weighted by atomic mass is 9.96. The molecule has 3 aromatic rings. The summed E-state index contributed by atoms with van der Waals surface area (Å²) in [4.78, 5) is 13.2. The number of aromatic nitrogens is 6. The number of hydrogen-bond donors (Lipinski definition) is 0. The monoisotopic (exact) mass is 382 g/mol. The Balaban J connectivity index is 1.48. The summed E-state index contributed by atoms with van der Waals surface area (Å²) in [7, 11) is 3.71. The summed E-state index contributed by atoms with van der Waals surface area (Å²) in [6.45, 7) is 8.53. The predicted molar refractivity (Wildman–Crippen MR) is 107 cm³/mol. The molecule has 0 saturated carbocycles. The summed E-state index contributed by atoms with van der Waals surface area (Å²) in [6.07, 6.45) is 1.78. The highest BCUT2D eigenvalue weighted by atomic mass is 16.5. The summed E-state index contributed by atoms with van der Waals surface area (Å²) < 4.78 is 6.98. The fourth-order valence-electron chi connectivity index (χ4n) is 3.27. The topological polar surface area (TPSA) is 84.6 Å². The second-order valence-electron chi connectivity index (χ2n) is 8.17. The molecule has 0 aromatic carbocycles. The molecule has 1 saturated heterocycles. The van der Waals surface area contributed by atoms with Gasteiger partial charge in [-0.15, -0.1) is 15.3 Å². The molecule has 0 aliphatic carbocycles. The molecule has 1 aliphatic rings. The van der Waals surface area contributed by atoms with Gasteiger partial charge in [-0.3, -0.25) is 0 Å². The second-order valence-corrected chi connectivity index (χ2v) is 8.17. The third-order valence-electron chi connectivity index (χ3n) is 4.98. The molecule has 1 aliphatic heterocycles. The largest absolute Gasteiger partial charge is 0.377 e. The lowest BCUT2D eigenvalue weighted by Gasteiger charge is -2.45. The summed E-state index contributed by atoms with van der Waals surface area (Å²) in [5.41, 5.74) is 0.657. The van der Waals surface area contributed by atoms with Gasteiger partial charge in [0, 0.05) is 38.9 Å². The van der Waals surface area contributed by atoms with E-state index in [2.05, 4.69) is 57.8 Å². The maximum Gasteiger partial charge on any atom is 0.178 e. The Kier molecular flexibility index (Phi) is 4.62. The number of ether oxygens (including phenoxy) is 1. The van der Waals surface area contributed by atoms with Gasteiger partial charge in [0.1, 0.15) is 18.2 Å². The molecule has 0 N–H and O–H groups in total. The minimum Gasteiger partial charge on any atom is -0.377 e. The first-order valence-electron chi connectivity index (χ1n) is 9.38. The molecule has 0 unspecified atom stereocenters. The predicted octanol–water partition coefficient (Wildman–Crippen LogP) is 1.68. The zero-order chi connectivity index (χ0) is 19.9. The van der Waals surface area contributed by atoms with E-state index in [9.17, 15) is 0 Å². The summed E-state index contributed by atoms with van der Waals surface area (Å²) in [6, 6.07) is 6.28. The fourth-order valence-corrected chi connectivity index (χ4v) is 3.27. The normalized spacial score (nSPS) is 15.1. The summed E-state index contributed by atoms with van der Waals surface area (Å²) in [5.74, 6) is 3.40. The van der Waals surface area contributed by atoms with Crippen LogP contribution in [0.3, 0.4) is 0 Å². The number of nitrogens with zero attached hydrogens (tertiary/aromatic N) is 8. The highest BCUT2D eigenvalue weighted by Gasteiger charge is 2.32. The molecule has 1 fully saturated rings. The third kappa shape index (κ3) is 3.37. The van der Waals surface area contributed by atoms with Gasteiger partial charge in [-0.05, 0) is 18.2 Å². The smallest absolute Gasteiger partial charge is 0.178 e. The van der Waals surface area contributed by atoms with Gasteiger partial charge < -0.3 is 14.5 Å². The van der Waals surface area contributed by atoms with Gasteiger partial charge in [0.05, 0.1) is 6.04 Å². The summed E-state index contributed by atoms with van der Waals surface area (Å²) >= 11 is 0. The average Bonchev–Trinajstić information content (AvgIpc) is 3.04. The average molecular weight is 382 g/mol. The van der Waals surface area contributed by atoms with Crippen LogP contribution in [0.2, 0.25) is 0 Å². The Morgan fingerprint density at radius 2 is 1.96 bits per heavy atom. The molecule has 148 valence electrons. The molecule has 4 heterocycles. The molecule has 3 aromatic heterocycles. The lowest BCUT2D eigenvalue weighted by Crippen LogP contribution is -2.59. The highest BCUT2D eigenvalue weighted by Crippen LogP contribution is 2.26. The quantitative estimate of drug-likeness (QED) is 0.659. The van der Waals surface area contributed by atoms with Crippen LogP contribution >= 0.6 is 0 Å². The Morgan fingerprint density at radius 3 is 2.68 bits per heavy atom. The van der Waals surface area contributed by atoms with E-state index in [1.165, 1.54) is 0 Å². The van der Waals surface area contributed by atoms with Gasteiger partial charge in [0.15, 0.2) is 17.3 Å². The highest BCUT2D eigenvalue weighted by molar-refractivity contribution is 5.50. The molecular weight excluding hydrogens is 356 g/mol. The first kappa shape index (κ1) is 18.5. The third-order valence-corrected chi connectivity index (χ3v) is 4.98. The van der Waals surface area contributed by atoms with Crippen LogP contribution in [0.5, 0.6) is 0 Å². The van der Waals surface area contributed by atoms with Crippen LogP contribution in [-0.2, 0) is 16.8 Å². The molecule has 0 radical (unpaired) electrons. The van der Waals surface area contributed by atoms with Crippen LogP contribution in [0, 0.1) is 0 Å². The van der Waals surface area contributed by atoms with Crippen molar-refractivity contribution >= 4 is 17.3 Å².